The van der Waals surface area contributed by atoms with E-state index in [2.05, 4.69) is 19.6 Å². The first kappa shape index (κ1) is 24.4. The van der Waals surface area contributed by atoms with Crippen LogP contribution < -0.4 is 24.8 Å². The smallest absolute Gasteiger partial charge is 0.473 e. The molecule has 2 atom stereocenters. The summed E-state index contributed by atoms with van der Waals surface area (Å²) in [5.74, 6) is -3.56. The summed E-state index contributed by atoms with van der Waals surface area (Å²) in [5.41, 5.74) is -0.553. The Morgan fingerprint density at radius 3 is 2.66 bits per heavy atom. The maximum Gasteiger partial charge on any atom is 0.574 e. The predicted octanol–water partition coefficient (Wildman–Crippen LogP) is 3.94. The molecule has 14 heteroatoms. The number of halogens is 5. The largest absolute Gasteiger partial charge is 0.574 e. The van der Waals surface area contributed by atoms with Crippen LogP contribution >= 0.6 is 0 Å². The lowest BCUT2D eigenvalue weighted by Crippen LogP contribution is -2.54. The Morgan fingerprint density at radius 1 is 1.13 bits per heavy atom. The monoisotopic (exact) mass is 538 g/mol. The summed E-state index contributed by atoms with van der Waals surface area (Å²) < 4.78 is 88.3. The molecule has 0 unspecified atom stereocenters. The maximum atomic E-state index is 14.7. The lowest BCUT2D eigenvalue weighted by molar-refractivity contribution is -0.276. The van der Waals surface area contributed by atoms with Crippen molar-refractivity contribution in [3.63, 3.8) is 0 Å². The summed E-state index contributed by atoms with van der Waals surface area (Å²) in [6, 6.07) is 5.39. The van der Waals surface area contributed by atoms with Gasteiger partial charge in [-0.25, -0.2) is 18.6 Å². The number of alkyl halides is 3. The van der Waals surface area contributed by atoms with Crippen molar-refractivity contribution in [2.75, 3.05) is 18.1 Å². The van der Waals surface area contributed by atoms with Gasteiger partial charge in [-0.1, -0.05) is 0 Å². The first-order valence-electron chi connectivity index (χ1n) is 11.6. The highest BCUT2D eigenvalue weighted by Crippen LogP contribution is 2.46. The topological polar surface area (TPSA) is 87.9 Å². The van der Waals surface area contributed by atoms with Crippen molar-refractivity contribution in [3.8, 4) is 23.3 Å². The van der Waals surface area contributed by atoms with Crippen LogP contribution in [0.4, 0.5) is 27.8 Å². The third-order valence-corrected chi connectivity index (χ3v) is 6.79. The van der Waals surface area contributed by atoms with Crippen LogP contribution in [0, 0.1) is 11.6 Å². The summed E-state index contributed by atoms with van der Waals surface area (Å²) in [7, 11) is 0. The molecule has 38 heavy (non-hydrogen) atoms. The summed E-state index contributed by atoms with van der Waals surface area (Å²) in [6.07, 6.45) is -2.28. The van der Waals surface area contributed by atoms with Crippen LogP contribution in [-0.4, -0.2) is 45.7 Å². The van der Waals surface area contributed by atoms with E-state index in [0.29, 0.717) is 25.5 Å². The van der Waals surface area contributed by atoms with Gasteiger partial charge in [-0.15, -0.1) is 13.2 Å². The number of nitrogens with zero attached hydrogens (tertiary/aromatic N) is 4. The minimum atomic E-state index is -4.99. The van der Waals surface area contributed by atoms with Crippen LogP contribution in [0.2, 0.25) is 0 Å². The Labute approximate surface area is 211 Å². The third kappa shape index (κ3) is 4.48. The van der Waals surface area contributed by atoms with Crippen LogP contribution in [0.1, 0.15) is 18.4 Å². The molecule has 0 aliphatic carbocycles. The minimum Gasteiger partial charge on any atom is -0.473 e. The van der Waals surface area contributed by atoms with E-state index in [9.17, 15) is 26.7 Å². The fourth-order valence-electron chi connectivity index (χ4n) is 5.16. The minimum absolute atomic E-state index is 0.0112. The van der Waals surface area contributed by atoms with E-state index >= 15 is 0 Å². The molecule has 2 fully saturated rings. The van der Waals surface area contributed by atoms with Gasteiger partial charge in [0.25, 0.3) is 0 Å². The highest BCUT2D eigenvalue weighted by Gasteiger charge is 2.54. The molecule has 200 valence electrons. The summed E-state index contributed by atoms with van der Waals surface area (Å²) in [4.78, 5) is 22.1. The maximum absolute atomic E-state index is 14.7. The fraction of sp³-hybridized carbons (Fsp3) is 0.375. The lowest BCUT2D eigenvalue weighted by Gasteiger charge is -2.44. The van der Waals surface area contributed by atoms with E-state index < -0.39 is 35.3 Å². The van der Waals surface area contributed by atoms with Gasteiger partial charge in [-0.05, 0) is 30.2 Å². The van der Waals surface area contributed by atoms with Crippen LogP contribution in [0.25, 0.3) is 0 Å². The first-order chi connectivity index (χ1) is 18.1. The van der Waals surface area contributed by atoms with Crippen molar-refractivity contribution in [2.45, 2.75) is 44.0 Å². The lowest BCUT2D eigenvalue weighted by atomic mass is 9.92. The second-order valence-corrected chi connectivity index (χ2v) is 9.27. The molecule has 2 saturated heterocycles. The van der Waals surface area contributed by atoms with Gasteiger partial charge in [0.15, 0.2) is 17.4 Å². The molecule has 9 nitrogen and oxygen atoms in total. The van der Waals surface area contributed by atoms with E-state index in [-0.39, 0.29) is 35.4 Å². The molecule has 1 aromatic carbocycles. The number of hydrogen-bond donors (Lipinski definition) is 0. The Hall–Kier alpha value is -3.94. The van der Waals surface area contributed by atoms with Crippen molar-refractivity contribution >= 4 is 5.82 Å². The summed E-state index contributed by atoms with van der Waals surface area (Å²) in [5, 5.41) is 0. The average molecular weight is 538 g/mol. The molecule has 1 spiro atoms. The van der Waals surface area contributed by atoms with E-state index in [1.807, 2.05) is 0 Å². The van der Waals surface area contributed by atoms with Crippen molar-refractivity contribution in [1.29, 1.82) is 0 Å². The van der Waals surface area contributed by atoms with Gasteiger partial charge < -0.3 is 23.8 Å². The Balaban J connectivity index is 1.18. The Morgan fingerprint density at radius 2 is 1.92 bits per heavy atom. The third-order valence-electron chi connectivity index (χ3n) is 6.79. The molecule has 2 aromatic heterocycles. The van der Waals surface area contributed by atoms with Gasteiger partial charge in [-0.2, -0.15) is 4.98 Å². The standard InChI is InChI=1S/C24H19F5N4O5/c25-16-5-13(6-17(26)21(16)37-14-1-3-30-18(7-14)38-24(27,28)29)11-35-19-8-20-32(22(34)31-19)4-2-23-9-15(36-12-23)10-33(20)23/h1,3,5-8,15H,2,4,9-12H2/t15-,23-/m1/s1. The Bertz CT molecular complexity index is 1440. The highest BCUT2D eigenvalue weighted by molar-refractivity contribution is 5.50. The molecule has 3 aliphatic heterocycles. The van der Waals surface area contributed by atoms with Crippen molar-refractivity contribution in [3.05, 3.63) is 64.2 Å². The number of fused-ring (bicyclic) bond motifs is 3. The van der Waals surface area contributed by atoms with E-state index in [0.717, 1.165) is 43.3 Å². The van der Waals surface area contributed by atoms with Gasteiger partial charge in [0.2, 0.25) is 11.8 Å². The van der Waals surface area contributed by atoms with E-state index in [1.165, 1.54) is 0 Å². The van der Waals surface area contributed by atoms with Crippen LogP contribution in [0.15, 0.2) is 41.3 Å². The van der Waals surface area contributed by atoms with Crippen LogP contribution in [0.3, 0.4) is 0 Å². The molecule has 2 bridgehead atoms. The molecule has 5 heterocycles. The molecule has 6 rings (SSSR count). The van der Waals surface area contributed by atoms with Gasteiger partial charge in [0, 0.05) is 37.8 Å². The zero-order chi connectivity index (χ0) is 26.7. The molecule has 3 aliphatic rings. The number of rotatable bonds is 6. The van der Waals surface area contributed by atoms with Gasteiger partial charge >= 0.3 is 12.1 Å². The zero-order valence-electron chi connectivity index (χ0n) is 19.5. The predicted molar refractivity (Wildman–Crippen MR) is 119 cm³/mol. The quantitative estimate of drug-likeness (QED) is 0.437. The summed E-state index contributed by atoms with van der Waals surface area (Å²) in [6.45, 7) is 1.45. The number of aromatic nitrogens is 3. The van der Waals surface area contributed by atoms with Gasteiger partial charge in [-0.3, -0.25) is 4.57 Å². The summed E-state index contributed by atoms with van der Waals surface area (Å²) >= 11 is 0. The first-order valence-corrected chi connectivity index (χ1v) is 11.6. The number of ether oxygens (including phenoxy) is 4. The van der Waals surface area contributed by atoms with Crippen LogP contribution in [0.5, 0.6) is 23.3 Å². The highest BCUT2D eigenvalue weighted by atomic mass is 19.4. The zero-order valence-corrected chi connectivity index (χ0v) is 19.5. The number of anilines is 1. The molecule has 0 radical (unpaired) electrons. The normalized spacial score (nSPS) is 21.7. The second kappa shape index (κ2) is 8.82. The molecular formula is C24H19F5N4O5. The number of pyridine rings is 1. The van der Waals surface area contributed by atoms with E-state index in [4.69, 9.17) is 14.2 Å². The second-order valence-electron chi connectivity index (χ2n) is 9.27. The van der Waals surface area contributed by atoms with Crippen molar-refractivity contribution in [2.24, 2.45) is 0 Å². The van der Waals surface area contributed by atoms with Gasteiger partial charge in [0.1, 0.15) is 18.2 Å². The average Bonchev–Trinajstić information content (AvgIpc) is 3.42. The molecule has 0 saturated carbocycles. The molecule has 0 N–H and O–H groups in total. The van der Waals surface area contributed by atoms with Crippen molar-refractivity contribution < 1.29 is 40.9 Å². The number of morpholine rings is 1. The molecule has 3 aromatic rings. The SMILES string of the molecule is O=c1nc(OCc2cc(F)c(Oc3ccnc(OC(F)(F)F)c3)c(F)c2)cc2n1CC[C@@]13CO[C@@H](CN21)C3. The number of hydrogen-bond acceptors (Lipinski definition) is 8. The number of benzene rings is 1. The molecular weight excluding hydrogens is 519 g/mol. The van der Waals surface area contributed by atoms with Gasteiger partial charge in [0.05, 0.1) is 18.2 Å². The molecule has 0 amide bonds. The van der Waals surface area contributed by atoms with E-state index in [1.54, 1.807) is 10.6 Å². The fourth-order valence-corrected chi connectivity index (χ4v) is 5.16. The Kier molecular flexibility index (Phi) is 5.67. The van der Waals surface area contributed by atoms with Crippen LogP contribution in [-0.2, 0) is 17.9 Å². The van der Waals surface area contributed by atoms with Crippen molar-refractivity contribution in [1.82, 2.24) is 14.5 Å².